The molecule has 2 heteroatoms. The second kappa shape index (κ2) is 5.36. The zero-order valence-electron chi connectivity index (χ0n) is 7.26. The quantitative estimate of drug-likeness (QED) is 0.603. The third kappa shape index (κ3) is 6.81. The molecule has 0 aromatic heterocycles. The van der Waals surface area contributed by atoms with Crippen molar-refractivity contribution in [2.75, 3.05) is 0 Å². The summed E-state index contributed by atoms with van der Waals surface area (Å²) in [5.41, 5.74) is 0. The summed E-state index contributed by atoms with van der Waals surface area (Å²) in [6, 6.07) is 0. The highest BCUT2D eigenvalue weighted by Crippen LogP contribution is 2.28. The standard InChI is InChI=1S/C8H17S2/c1-6(2)9-8(5)10-7(3)4/h6-8H,5H2,1-4H3. The molecule has 1 radical (unpaired) electrons. The minimum atomic E-state index is 0.500. The maximum absolute atomic E-state index is 4.04. The highest BCUT2D eigenvalue weighted by atomic mass is 32.2. The maximum atomic E-state index is 4.04. The molecule has 0 aliphatic heterocycles. The molecule has 0 aliphatic rings. The van der Waals surface area contributed by atoms with Gasteiger partial charge in [0.05, 0.1) is 4.58 Å². The van der Waals surface area contributed by atoms with Gasteiger partial charge in [0.25, 0.3) is 0 Å². The average molecular weight is 177 g/mol. The lowest BCUT2D eigenvalue weighted by Crippen LogP contribution is -2.01. The molecule has 0 N–H and O–H groups in total. The van der Waals surface area contributed by atoms with Crippen molar-refractivity contribution in [3.63, 3.8) is 0 Å². The first kappa shape index (κ1) is 10.7. The molecule has 0 heterocycles. The van der Waals surface area contributed by atoms with Gasteiger partial charge in [-0.15, -0.1) is 23.5 Å². The van der Waals surface area contributed by atoms with Gasteiger partial charge in [0.1, 0.15) is 0 Å². The minimum absolute atomic E-state index is 0.500. The van der Waals surface area contributed by atoms with Crippen LogP contribution in [0.3, 0.4) is 0 Å². The van der Waals surface area contributed by atoms with Gasteiger partial charge < -0.3 is 0 Å². The number of hydrogen-bond donors (Lipinski definition) is 0. The number of thioether (sulfide) groups is 2. The van der Waals surface area contributed by atoms with Crippen molar-refractivity contribution in [1.82, 2.24) is 0 Å². The van der Waals surface area contributed by atoms with E-state index >= 15 is 0 Å². The molecule has 0 fully saturated rings. The van der Waals surface area contributed by atoms with Crippen molar-refractivity contribution < 1.29 is 0 Å². The summed E-state index contributed by atoms with van der Waals surface area (Å²) in [7, 11) is 0. The van der Waals surface area contributed by atoms with Crippen molar-refractivity contribution in [3.05, 3.63) is 6.92 Å². The van der Waals surface area contributed by atoms with Crippen molar-refractivity contribution in [2.45, 2.75) is 42.8 Å². The van der Waals surface area contributed by atoms with Gasteiger partial charge in [-0.25, -0.2) is 0 Å². The van der Waals surface area contributed by atoms with Crippen LogP contribution in [0.1, 0.15) is 27.7 Å². The summed E-state index contributed by atoms with van der Waals surface area (Å²) in [5.74, 6) is 0. The predicted molar refractivity (Wildman–Crippen MR) is 54.6 cm³/mol. The lowest BCUT2D eigenvalue weighted by atomic mass is 10.6. The summed E-state index contributed by atoms with van der Waals surface area (Å²) in [4.78, 5) is 0. The second-order valence-electron chi connectivity index (χ2n) is 2.80. The molecule has 0 aromatic carbocycles. The molecule has 0 bridgehead atoms. The van der Waals surface area contributed by atoms with Gasteiger partial charge in [-0.05, 0) is 6.92 Å². The molecule has 0 unspecified atom stereocenters. The second-order valence-corrected chi connectivity index (χ2v) is 6.67. The molecule has 0 atom stereocenters. The van der Waals surface area contributed by atoms with E-state index in [9.17, 15) is 0 Å². The zero-order valence-corrected chi connectivity index (χ0v) is 8.89. The average Bonchev–Trinajstić information content (AvgIpc) is 1.58. The Morgan fingerprint density at radius 1 is 0.900 bits per heavy atom. The van der Waals surface area contributed by atoms with Gasteiger partial charge in [-0.2, -0.15) is 0 Å². The Morgan fingerprint density at radius 2 is 1.20 bits per heavy atom. The Kier molecular flexibility index (Phi) is 5.74. The SMILES string of the molecule is [CH2]C(SC(C)C)SC(C)C. The summed E-state index contributed by atoms with van der Waals surface area (Å²) < 4.78 is 0.500. The van der Waals surface area contributed by atoms with Crippen LogP contribution in [-0.4, -0.2) is 15.1 Å². The van der Waals surface area contributed by atoms with E-state index in [1.807, 2.05) is 23.5 Å². The molecular formula is C8H17S2. The lowest BCUT2D eigenvalue weighted by Gasteiger charge is -2.14. The number of rotatable bonds is 4. The van der Waals surface area contributed by atoms with Crippen molar-refractivity contribution >= 4 is 23.5 Å². The molecule has 10 heavy (non-hydrogen) atoms. The van der Waals surface area contributed by atoms with Gasteiger partial charge in [0.2, 0.25) is 0 Å². The van der Waals surface area contributed by atoms with E-state index < -0.39 is 0 Å². The summed E-state index contributed by atoms with van der Waals surface area (Å²) in [5, 5.41) is 1.41. The van der Waals surface area contributed by atoms with Crippen molar-refractivity contribution in [3.8, 4) is 0 Å². The van der Waals surface area contributed by atoms with Crippen molar-refractivity contribution in [1.29, 1.82) is 0 Å². The monoisotopic (exact) mass is 177 g/mol. The van der Waals surface area contributed by atoms with Gasteiger partial charge >= 0.3 is 0 Å². The van der Waals surface area contributed by atoms with Gasteiger partial charge in [0.15, 0.2) is 0 Å². The smallest absolute Gasteiger partial charge is 0.0508 e. The molecule has 0 rings (SSSR count). The predicted octanol–water partition coefficient (Wildman–Crippen LogP) is 3.43. The molecule has 0 nitrogen and oxygen atoms in total. The van der Waals surface area contributed by atoms with E-state index in [0.717, 1.165) is 0 Å². The van der Waals surface area contributed by atoms with Crippen LogP contribution in [0.4, 0.5) is 0 Å². The van der Waals surface area contributed by atoms with Crippen LogP contribution in [0, 0.1) is 6.92 Å². The fraction of sp³-hybridized carbons (Fsp3) is 0.875. The van der Waals surface area contributed by atoms with E-state index in [4.69, 9.17) is 0 Å². The Bertz CT molecular complexity index is 69.3. The summed E-state index contributed by atoms with van der Waals surface area (Å²) in [6.07, 6.45) is 0. The Labute approximate surface area is 73.5 Å². The molecule has 61 valence electrons. The molecule has 0 spiro atoms. The third-order valence-electron chi connectivity index (χ3n) is 0.848. The topological polar surface area (TPSA) is 0 Å². The fourth-order valence-electron chi connectivity index (χ4n) is 0.639. The highest BCUT2D eigenvalue weighted by molar-refractivity contribution is 8.17. The molecule has 0 saturated carbocycles. The fourth-order valence-corrected chi connectivity index (χ4v) is 3.44. The van der Waals surface area contributed by atoms with E-state index in [2.05, 4.69) is 34.6 Å². The summed E-state index contributed by atoms with van der Waals surface area (Å²) in [6.45, 7) is 12.9. The normalized spacial score (nSPS) is 12.0. The summed E-state index contributed by atoms with van der Waals surface area (Å²) >= 11 is 3.87. The minimum Gasteiger partial charge on any atom is -0.145 e. The highest BCUT2D eigenvalue weighted by Gasteiger charge is 2.07. The molecule has 0 amide bonds. The Morgan fingerprint density at radius 3 is 1.40 bits per heavy atom. The molecule has 0 saturated heterocycles. The van der Waals surface area contributed by atoms with E-state index in [1.54, 1.807) is 0 Å². The van der Waals surface area contributed by atoms with Gasteiger partial charge in [0, 0.05) is 10.5 Å². The maximum Gasteiger partial charge on any atom is 0.0508 e. The molecule has 0 aromatic rings. The van der Waals surface area contributed by atoms with E-state index in [1.165, 1.54) is 0 Å². The van der Waals surface area contributed by atoms with Crippen LogP contribution in [0.5, 0.6) is 0 Å². The lowest BCUT2D eigenvalue weighted by molar-refractivity contribution is 1.10. The Balaban J connectivity index is 3.34. The molecular weight excluding hydrogens is 160 g/mol. The molecule has 0 aliphatic carbocycles. The van der Waals surface area contributed by atoms with Crippen molar-refractivity contribution in [2.24, 2.45) is 0 Å². The van der Waals surface area contributed by atoms with Crippen LogP contribution in [0.25, 0.3) is 0 Å². The van der Waals surface area contributed by atoms with Crippen LogP contribution >= 0.6 is 23.5 Å². The van der Waals surface area contributed by atoms with E-state index in [-0.39, 0.29) is 0 Å². The van der Waals surface area contributed by atoms with Crippen LogP contribution < -0.4 is 0 Å². The zero-order chi connectivity index (χ0) is 8.15. The van der Waals surface area contributed by atoms with Gasteiger partial charge in [-0.1, -0.05) is 27.7 Å². The first-order valence-electron chi connectivity index (χ1n) is 3.66. The third-order valence-corrected chi connectivity index (χ3v) is 3.21. The first-order chi connectivity index (χ1) is 4.52. The van der Waals surface area contributed by atoms with E-state index in [0.29, 0.717) is 15.1 Å². The first-order valence-corrected chi connectivity index (χ1v) is 5.55. The van der Waals surface area contributed by atoms with Gasteiger partial charge in [-0.3, -0.25) is 0 Å². The van der Waals surface area contributed by atoms with Crippen LogP contribution in [0.15, 0.2) is 0 Å². The van der Waals surface area contributed by atoms with Crippen LogP contribution in [-0.2, 0) is 0 Å². The largest absolute Gasteiger partial charge is 0.145 e. The number of hydrogen-bond acceptors (Lipinski definition) is 2. The Hall–Kier alpha value is 0.700. The van der Waals surface area contributed by atoms with Crippen LogP contribution in [0.2, 0.25) is 0 Å².